The van der Waals surface area contributed by atoms with E-state index in [1.807, 2.05) is 9.80 Å². The number of hydrogen-bond acceptors (Lipinski definition) is 3. The number of nitrogens with one attached hydrogen (secondary N) is 2. The Morgan fingerprint density at radius 1 is 0.893 bits per heavy atom. The van der Waals surface area contributed by atoms with Gasteiger partial charge in [-0.2, -0.15) is 0 Å². The van der Waals surface area contributed by atoms with Gasteiger partial charge < -0.3 is 20.4 Å². The molecule has 28 heavy (non-hydrogen) atoms. The fraction of sp³-hybridized carbons (Fsp3) is 0.850. The minimum atomic E-state index is 0. The number of piperazine rings is 1. The van der Waals surface area contributed by atoms with Crippen LogP contribution in [0.15, 0.2) is 4.99 Å². The zero-order valence-electron chi connectivity index (χ0n) is 18.1. The van der Waals surface area contributed by atoms with Crippen molar-refractivity contribution in [1.29, 1.82) is 0 Å². The molecule has 0 atom stereocenters. The molecule has 8 heteroatoms. The Hall–Kier alpha value is -1.06. The van der Waals surface area contributed by atoms with E-state index in [9.17, 15) is 9.59 Å². The summed E-state index contributed by atoms with van der Waals surface area (Å²) in [5, 5.41) is 6.42. The first-order valence-corrected chi connectivity index (χ1v) is 10.6. The maximum absolute atomic E-state index is 12.3. The second-order valence-corrected chi connectivity index (χ2v) is 7.46. The van der Waals surface area contributed by atoms with Crippen molar-refractivity contribution in [1.82, 2.24) is 20.4 Å². The number of hydrogen-bond donors (Lipinski definition) is 2. The van der Waals surface area contributed by atoms with Crippen LogP contribution in [0.5, 0.6) is 0 Å². The molecule has 1 heterocycles. The van der Waals surface area contributed by atoms with Crippen LogP contribution in [0.25, 0.3) is 0 Å². The van der Waals surface area contributed by atoms with Gasteiger partial charge in [-0.3, -0.25) is 14.6 Å². The highest BCUT2D eigenvalue weighted by Crippen LogP contribution is 2.10. The maximum atomic E-state index is 12.3. The van der Waals surface area contributed by atoms with Crippen LogP contribution < -0.4 is 10.6 Å². The number of rotatable bonds is 10. The molecule has 2 amide bonds. The van der Waals surface area contributed by atoms with Crippen LogP contribution in [0.1, 0.15) is 59.8 Å². The van der Waals surface area contributed by atoms with E-state index in [1.165, 1.54) is 0 Å². The third kappa shape index (κ3) is 11.1. The van der Waals surface area contributed by atoms with E-state index in [-0.39, 0.29) is 35.8 Å². The topological polar surface area (TPSA) is 77.0 Å². The Bertz CT molecular complexity index is 469. The summed E-state index contributed by atoms with van der Waals surface area (Å²) in [4.78, 5) is 32.8. The third-order valence-corrected chi connectivity index (χ3v) is 4.58. The van der Waals surface area contributed by atoms with E-state index in [4.69, 9.17) is 0 Å². The smallest absolute Gasteiger partial charge is 0.222 e. The van der Waals surface area contributed by atoms with Gasteiger partial charge in [-0.15, -0.1) is 24.0 Å². The molecule has 0 aromatic heterocycles. The van der Waals surface area contributed by atoms with Gasteiger partial charge in [0, 0.05) is 58.7 Å². The zero-order chi connectivity index (χ0) is 20.1. The molecule has 164 valence electrons. The Morgan fingerprint density at radius 2 is 1.43 bits per heavy atom. The van der Waals surface area contributed by atoms with Gasteiger partial charge in [0.15, 0.2) is 5.96 Å². The molecular weight excluding hydrogens is 469 g/mol. The quantitative estimate of drug-likeness (QED) is 0.205. The van der Waals surface area contributed by atoms with Crippen molar-refractivity contribution in [3.63, 3.8) is 0 Å². The first-order chi connectivity index (χ1) is 13.0. The summed E-state index contributed by atoms with van der Waals surface area (Å²) in [6, 6.07) is 0. The zero-order valence-corrected chi connectivity index (χ0v) is 20.5. The number of amides is 2. The standard InChI is InChI=1S/C20H39N5O2.HI/c1-5-21-20(22-6-2)23-11-9-7-8-10-18(26)24-12-14-25(15-13-24)19(27)16-17(3)4;/h17H,5-16H2,1-4H3,(H2,21,22,23);1H. The molecule has 0 saturated carbocycles. The van der Waals surface area contributed by atoms with Gasteiger partial charge in [0.25, 0.3) is 0 Å². The molecule has 1 aliphatic heterocycles. The van der Waals surface area contributed by atoms with Crippen molar-refractivity contribution in [3.05, 3.63) is 0 Å². The number of carbonyl (C=O) groups is 2. The number of unbranched alkanes of at least 4 members (excludes halogenated alkanes) is 2. The number of halogens is 1. The second kappa shape index (κ2) is 15.8. The average Bonchev–Trinajstić information content (AvgIpc) is 2.64. The predicted octanol–water partition coefficient (Wildman–Crippen LogP) is 2.46. The third-order valence-electron chi connectivity index (χ3n) is 4.58. The normalized spacial score (nSPS) is 13.8. The number of aliphatic imine (C=N–C) groups is 1. The van der Waals surface area contributed by atoms with E-state index in [1.54, 1.807) is 0 Å². The fourth-order valence-corrected chi connectivity index (χ4v) is 3.11. The predicted molar refractivity (Wildman–Crippen MR) is 126 cm³/mol. The Balaban J connectivity index is 0.00000729. The van der Waals surface area contributed by atoms with E-state index in [0.29, 0.717) is 44.9 Å². The molecule has 0 bridgehead atoms. The van der Waals surface area contributed by atoms with Gasteiger partial charge in [0.2, 0.25) is 11.8 Å². The highest BCUT2D eigenvalue weighted by Gasteiger charge is 2.23. The van der Waals surface area contributed by atoms with Gasteiger partial charge in [0.1, 0.15) is 0 Å². The molecule has 0 radical (unpaired) electrons. The summed E-state index contributed by atoms with van der Waals surface area (Å²) in [5.74, 6) is 1.68. The highest BCUT2D eigenvalue weighted by atomic mass is 127. The minimum absolute atomic E-state index is 0. The van der Waals surface area contributed by atoms with Crippen molar-refractivity contribution in [2.24, 2.45) is 10.9 Å². The van der Waals surface area contributed by atoms with E-state index < -0.39 is 0 Å². The van der Waals surface area contributed by atoms with Crippen LogP contribution in [-0.2, 0) is 9.59 Å². The average molecular weight is 509 g/mol. The van der Waals surface area contributed by atoms with Crippen LogP contribution in [0.4, 0.5) is 0 Å². The van der Waals surface area contributed by atoms with Gasteiger partial charge in [-0.05, 0) is 32.6 Å². The molecule has 2 N–H and O–H groups in total. The fourth-order valence-electron chi connectivity index (χ4n) is 3.11. The lowest BCUT2D eigenvalue weighted by Crippen LogP contribution is -2.50. The lowest BCUT2D eigenvalue weighted by molar-refractivity contribution is -0.140. The van der Waals surface area contributed by atoms with Gasteiger partial charge in [-0.25, -0.2) is 0 Å². The second-order valence-electron chi connectivity index (χ2n) is 7.46. The van der Waals surface area contributed by atoms with Gasteiger partial charge in [-0.1, -0.05) is 20.3 Å². The van der Waals surface area contributed by atoms with E-state index >= 15 is 0 Å². The van der Waals surface area contributed by atoms with Crippen molar-refractivity contribution in [2.45, 2.75) is 59.8 Å². The SMILES string of the molecule is CCNC(=NCCCCCC(=O)N1CCN(C(=O)CC(C)C)CC1)NCC.I. The maximum Gasteiger partial charge on any atom is 0.222 e. The molecule has 7 nitrogen and oxygen atoms in total. The largest absolute Gasteiger partial charge is 0.357 e. The molecule has 0 unspecified atom stereocenters. The molecule has 0 spiro atoms. The van der Waals surface area contributed by atoms with Crippen molar-refractivity contribution < 1.29 is 9.59 Å². The van der Waals surface area contributed by atoms with Crippen molar-refractivity contribution in [2.75, 3.05) is 45.8 Å². The number of guanidine groups is 1. The molecule has 1 aliphatic rings. The van der Waals surface area contributed by atoms with Crippen LogP contribution in [0.2, 0.25) is 0 Å². The van der Waals surface area contributed by atoms with Gasteiger partial charge >= 0.3 is 0 Å². The highest BCUT2D eigenvalue weighted by molar-refractivity contribution is 14.0. The van der Waals surface area contributed by atoms with E-state index in [2.05, 4.69) is 43.3 Å². The summed E-state index contributed by atoms with van der Waals surface area (Å²) in [7, 11) is 0. The molecular formula is C20H40IN5O2. The van der Waals surface area contributed by atoms with Crippen molar-refractivity contribution >= 4 is 41.8 Å². The van der Waals surface area contributed by atoms with Crippen LogP contribution in [0, 0.1) is 5.92 Å². The Morgan fingerprint density at radius 3 is 1.93 bits per heavy atom. The molecule has 0 aliphatic carbocycles. The van der Waals surface area contributed by atoms with Gasteiger partial charge in [0.05, 0.1) is 0 Å². The van der Waals surface area contributed by atoms with Crippen LogP contribution >= 0.6 is 24.0 Å². The first-order valence-electron chi connectivity index (χ1n) is 10.6. The summed E-state index contributed by atoms with van der Waals surface area (Å²) >= 11 is 0. The summed E-state index contributed by atoms with van der Waals surface area (Å²) < 4.78 is 0. The van der Waals surface area contributed by atoms with Crippen LogP contribution in [-0.4, -0.2) is 73.4 Å². The molecule has 1 saturated heterocycles. The molecule has 0 aromatic rings. The first kappa shape index (κ1) is 26.9. The molecule has 1 fully saturated rings. The van der Waals surface area contributed by atoms with Crippen LogP contribution in [0.3, 0.4) is 0 Å². The van der Waals surface area contributed by atoms with Crippen molar-refractivity contribution in [3.8, 4) is 0 Å². The molecule has 1 rings (SSSR count). The Kier molecular flexibility index (Phi) is 15.2. The summed E-state index contributed by atoms with van der Waals surface area (Å²) in [6.07, 6.45) is 4.09. The number of nitrogens with zero attached hydrogens (tertiary/aromatic N) is 3. The Labute approximate surface area is 188 Å². The minimum Gasteiger partial charge on any atom is -0.357 e. The lowest BCUT2D eigenvalue weighted by atomic mass is 10.1. The summed E-state index contributed by atoms with van der Waals surface area (Å²) in [5.41, 5.74) is 0. The number of carbonyl (C=O) groups excluding carboxylic acids is 2. The molecule has 0 aromatic carbocycles. The summed E-state index contributed by atoms with van der Waals surface area (Å²) in [6.45, 7) is 13.4. The van der Waals surface area contributed by atoms with E-state index in [0.717, 1.165) is 44.9 Å². The monoisotopic (exact) mass is 509 g/mol. The lowest BCUT2D eigenvalue weighted by Gasteiger charge is -2.35.